The number of aromatic nitrogens is 1. The molecule has 0 spiro atoms. The number of alkyl halides is 3. The summed E-state index contributed by atoms with van der Waals surface area (Å²) in [6.07, 6.45) is -3.64. The smallest absolute Gasteiger partial charge is 0.433 e. The molecule has 0 saturated carbocycles. The van der Waals surface area contributed by atoms with Crippen LogP contribution in [0.15, 0.2) is 36.5 Å². The number of halogens is 4. The fourth-order valence-electron chi connectivity index (χ4n) is 1.45. The van der Waals surface area contributed by atoms with Crippen molar-refractivity contribution in [1.82, 2.24) is 4.98 Å². The van der Waals surface area contributed by atoms with Gasteiger partial charge in [0.1, 0.15) is 17.2 Å². The number of methoxy groups -OCH3 is 1. The Kier molecular flexibility index (Phi) is 3.78. The van der Waals surface area contributed by atoms with Crippen molar-refractivity contribution in [2.45, 2.75) is 6.18 Å². The zero-order valence-corrected chi connectivity index (χ0v) is 10.2. The number of benzene rings is 1. The summed E-state index contributed by atoms with van der Waals surface area (Å²) in [5, 5.41) is 0. The van der Waals surface area contributed by atoms with Gasteiger partial charge < -0.3 is 9.47 Å². The predicted octanol–water partition coefficient (Wildman–Crippen LogP) is 4.04. The summed E-state index contributed by atoms with van der Waals surface area (Å²) in [5.41, 5.74) is -1.11. The highest BCUT2D eigenvalue weighted by Crippen LogP contribution is 2.32. The van der Waals surface area contributed by atoms with Gasteiger partial charge in [0.15, 0.2) is 11.6 Å². The molecule has 0 atom stereocenters. The van der Waals surface area contributed by atoms with Gasteiger partial charge in [-0.15, -0.1) is 0 Å². The molecule has 7 heteroatoms. The van der Waals surface area contributed by atoms with Gasteiger partial charge in [0.2, 0.25) is 0 Å². The van der Waals surface area contributed by atoms with Crippen molar-refractivity contribution in [2.75, 3.05) is 7.11 Å². The molecule has 0 aliphatic heterocycles. The molecule has 0 aliphatic rings. The third kappa shape index (κ3) is 3.17. The Labute approximate surface area is 111 Å². The van der Waals surface area contributed by atoms with Crippen LogP contribution in [0.5, 0.6) is 17.2 Å². The molecule has 1 heterocycles. The fourth-order valence-corrected chi connectivity index (χ4v) is 1.45. The molecular formula is C13H9F4NO2. The molecule has 0 N–H and O–H groups in total. The van der Waals surface area contributed by atoms with Crippen molar-refractivity contribution in [2.24, 2.45) is 0 Å². The minimum atomic E-state index is -4.59. The summed E-state index contributed by atoms with van der Waals surface area (Å²) >= 11 is 0. The van der Waals surface area contributed by atoms with Gasteiger partial charge in [-0.25, -0.2) is 4.39 Å². The maximum absolute atomic E-state index is 13.6. The van der Waals surface area contributed by atoms with E-state index in [-0.39, 0.29) is 17.2 Å². The van der Waals surface area contributed by atoms with Crippen LogP contribution in [0.4, 0.5) is 17.6 Å². The van der Waals surface area contributed by atoms with E-state index >= 15 is 0 Å². The Morgan fingerprint density at radius 1 is 1.05 bits per heavy atom. The molecule has 2 rings (SSSR count). The molecule has 0 bridgehead atoms. The van der Waals surface area contributed by atoms with Crippen molar-refractivity contribution in [3.63, 3.8) is 0 Å². The van der Waals surface area contributed by atoms with Gasteiger partial charge in [0, 0.05) is 18.3 Å². The van der Waals surface area contributed by atoms with Crippen LogP contribution in [0.3, 0.4) is 0 Å². The van der Waals surface area contributed by atoms with Crippen LogP contribution < -0.4 is 9.47 Å². The van der Waals surface area contributed by atoms with Crippen LogP contribution in [-0.2, 0) is 6.18 Å². The largest absolute Gasteiger partial charge is 0.497 e. The van der Waals surface area contributed by atoms with E-state index in [0.29, 0.717) is 6.07 Å². The lowest BCUT2D eigenvalue weighted by molar-refractivity contribution is -0.141. The van der Waals surface area contributed by atoms with Crippen LogP contribution in [0.1, 0.15) is 5.69 Å². The molecule has 0 unspecified atom stereocenters. The molecule has 3 nitrogen and oxygen atoms in total. The average molecular weight is 287 g/mol. The molecular weight excluding hydrogens is 278 g/mol. The highest BCUT2D eigenvalue weighted by molar-refractivity contribution is 5.37. The summed E-state index contributed by atoms with van der Waals surface area (Å²) < 4.78 is 60.9. The molecule has 0 radical (unpaired) electrons. The van der Waals surface area contributed by atoms with Crippen LogP contribution in [0.2, 0.25) is 0 Å². The SMILES string of the molecule is COc1ccc(Oc2ccnc(C(F)(F)F)c2)c(F)c1. The normalized spacial score (nSPS) is 11.2. The molecule has 0 aliphatic carbocycles. The van der Waals surface area contributed by atoms with E-state index in [0.717, 1.165) is 12.3 Å². The van der Waals surface area contributed by atoms with Gasteiger partial charge in [-0.1, -0.05) is 0 Å². The summed E-state index contributed by atoms with van der Waals surface area (Å²) in [6, 6.07) is 5.68. The van der Waals surface area contributed by atoms with Crippen LogP contribution in [-0.4, -0.2) is 12.1 Å². The van der Waals surface area contributed by atoms with Crippen LogP contribution >= 0.6 is 0 Å². The van der Waals surface area contributed by atoms with Crippen molar-refractivity contribution >= 4 is 0 Å². The second kappa shape index (κ2) is 5.36. The minimum absolute atomic E-state index is 0.156. The van der Waals surface area contributed by atoms with E-state index in [2.05, 4.69) is 4.98 Å². The number of hydrogen-bond donors (Lipinski definition) is 0. The standard InChI is InChI=1S/C13H9F4NO2/c1-19-8-2-3-11(10(14)6-8)20-9-4-5-18-12(7-9)13(15,16)17/h2-7H,1H3. The lowest BCUT2D eigenvalue weighted by atomic mass is 10.3. The minimum Gasteiger partial charge on any atom is -0.497 e. The van der Waals surface area contributed by atoms with Gasteiger partial charge in [-0.05, 0) is 18.2 Å². The second-order valence-electron chi connectivity index (χ2n) is 3.77. The topological polar surface area (TPSA) is 31.4 Å². The Morgan fingerprint density at radius 3 is 2.40 bits per heavy atom. The van der Waals surface area contributed by atoms with E-state index in [4.69, 9.17) is 9.47 Å². The number of hydrogen-bond acceptors (Lipinski definition) is 3. The van der Waals surface area contributed by atoms with Crippen LogP contribution in [0, 0.1) is 5.82 Å². The summed E-state index contributed by atoms with van der Waals surface area (Å²) in [7, 11) is 1.37. The summed E-state index contributed by atoms with van der Waals surface area (Å²) in [4.78, 5) is 3.18. The second-order valence-corrected chi connectivity index (χ2v) is 3.77. The number of rotatable bonds is 3. The number of nitrogens with zero attached hydrogens (tertiary/aromatic N) is 1. The Hall–Kier alpha value is -2.31. The molecule has 1 aromatic heterocycles. The highest BCUT2D eigenvalue weighted by atomic mass is 19.4. The molecule has 0 fully saturated rings. The molecule has 2 aromatic rings. The maximum atomic E-state index is 13.6. The van der Waals surface area contributed by atoms with Gasteiger partial charge in [0.05, 0.1) is 7.11 Å². The van der Waals surface area contributed by atoms with Crippen LogP contribution in [0.25, 0.3) is 0 Å². The molecule has 20 heavy (non-hydrogen) atoms. The monoisotopic (exact) mass is 287 g/mol. The highest BCUT2D eigenvalue weighted by Gasteiger charge is 2.32. The maximum Gasteiger partial charge on any atom is 0.433 e. The van der Waals surface area contributed by atoms with Gasteiger partial charge in [-0.2, -0.15) is 13.2 Å². The third-order valence-corrected chi connectivity index (χ3v) is 2.39. The Bertz CT molecular complexity index is 614. The zero-order chi connectivity index (χ0) is 14.8. The quantitative estimate of drug-likeness (QED) is 0.798. The average Bonchev–Trinajstić information content (AvgIpc) is 2.40. The Morgan fingerprint density at radius 2 is 1.80 bits per heavy atom. The van der Waals surface area contributed by atoms with Crippen molar-refractivity contribution in [1.29, 1.82) is 0 Å². The van der Waals surface area contributed by atoms with E-state index in [1.54, 1.807) is 0 Å². The number of pyridine rings is 1. The van der Waals surface area contributed by atoms with Crippen molar-refractivity contribution in [3.05, 3.63) is 48.0 Å². The predicted molar refractivity (Wildman–Crippen MR) is 62.3 cm³/mol. The lowest BCUT2D eigenvalue weighted by Gasteiger charge is -2.10. The Balaban J connectivity index is 2.26. The fraction of sp³-hybridized carbons (Fsp3) is 0.154. The van der Waals surface area contributed by atoms with E-state index in [1.165, 1.54) is 25.3 Å². The van der Waals surface area contributed by atoms with E-state index in [1.807, 2.05) is 0 Å². The van der Waals surface area contributed by atoms with E-state index in [9.17, 15) is 17.6 Å². The van der Waals surface area contributed by atoms with Gasteiger partial charge in [-0.3, -0.25) is 4.98 Å². The third-order valence-electron chi connectivity index (χ3n) is 2.39. The van der Waals surface area contributed by atoms with Gasteiger partial charge >= 0.3 is 6.18 Å². The molecule has 0 amide bonds. The van der Waals surface area contributed by atoms with Crippen molar-refractivity contribution < 1.29 is 27.0 Å². The molecule has 1 aromatic carbocycles. The van der Waals surface area contributed by atoms with Crippen molar-refractivity contribution in [3.8, 4) is 17.2 Å². The first-order valence-electron chi connectivity index (χ1n) is 5.45. The summed E-state index contributed by atoms with van der Waals surface area (Å²) in [5.74, 6) is -0.822. The molecule has 106 valence electrons. The van der Waals surface area contributed by atoms with E-state index < -0.39 is 17.7 Å². The molecule has 0 saturated heterocycles. The summed E-state index contributed by atoms with van der Waals surface area (Å²) in [6.45, 7) is 0. The number of ether oxygens (including phenoxy) is 2. The first-order valence-corrected chi connectivity index (χ1v) is 5.45. The first kappa shape index (κ1) is 14.1. The van der Waals surface area contributed by atoms with Gasteiger partial charge in [0.25, 0.3) is 0 Å². The lowest BCUT2D eigenvalue weighted by Crippen LogP contribution is -2.07. The zero-order valence-electron chi connectivity index (χ0n) is 10.2. The first-order chi connectivity index (χ1) is 9.40.